The highest BCUT2D eigenvalue weighted by Gasteiger charge is 2.36. The van der Waals surface area contributed by atoms with Gasteiger partial charge < -0.3 is 40.6 Å². The normalized spacial score (nSPS) is 16.9. The second-order valence-electron chi connectivity index (χ2n) is 12.2. The van der Waals surface area contributed by atoms with Crippen LogP contribution in [0, 0.1) is 0 Å². The molecule has 7 N–H and O–H groups in total. The van der Waals surface area contributed by atoms with Crippen LogP contribution < -0.4 is 20.7 Å². The number of H-pyrrole nitrogens is 1. The third-order valence-electron chi connectivity index (χ3n) is 8.19. The molecule has 0 spiro atoms. The van der Waals surface area contributed by atoms with Gasteiger partial charge in [0.1, 0.15) is 30.5 Å². The number of rotatable bonds is 17. The number of carbonyl (C=O) groups excluding carboxylic acids is 2. The van der Waals surface area contributed by atoms with Gasteiger partial charge in [0, 0.05) is 47.5 Å². The summed E-state index contributed by atoms with van der Waals surface area (Å²) in [5.74, 6) is -2.25. The number of carbonyl (C=O) groups is 4. The Bertz CT molecular complexity index is 1540. The van der Waals surface area contributed by atoms with Crippen LogP contribution in [0.15, 0.2) is 36.4 Å². The third kappa shape index (κ3) is 8.74. The number of benzene rings is 2. The average Bonchev–Trinajstić information content (AvgIpc) is 3.66. The second-order valence-corrected chi connectivity index (χ2v) is 12.2. The lowest BCUT2D eigenvalue weighted by Crippen LogP contribution is -2.53. The molecule has 2 aromatic carbocycles. The maximum Gasteiger partial charge on any atom is 0.326 e. The number of nitrogens with zero attached hydrogens (tertiary/aromatic N) is 1. The fourth-order valence-electron chi connectivity index (χ4n) is 5.76. The first kappa shape index (κ1) is 34.7. The number of unbranched alkanes of at least 4 members (excludes halogenated alkanes) is 1. The lowest BCUT2D eigenvalue weighted by atomic mass is 10.1. The fraction of sp³-hybridized carbons (Fsp3) is 0.515. The van der Waals surface area contributed by atoms with Gasteiger partial charge in [0.15, 0.2) is 0 Å². The summed E-state index contributed by atoms with van der Waals surface area (Å²) in [5, 5.41) is 39.9. The van der Waals surface area contributed by atoms with E-state index in [1.165, 1.54) is 4.90 Å². The highest BCUT2D eigenvalue weighted by molar-refractivity contribution is 6.12. The molecule has 0 aliphatic carbocycles. The zero-order valence-corrected chi connectivity index (χ0v) is 26.5. The topological polar surface area (TPSA) is 193 Å². The van der Waals surface area contributed by atoms with Crippen LogP contribution in [0.5, 0.6) is 5.75 Å². The van der Waals surface area contributed by atoms with Gasteiger partial charge >= 0.3 is 11.9 Å². The number of ether oxygens (including phenoxy) is 1. The van der Waals surface area contributed by atoms with Crippen LogP contribution in [0.1, 0.15) is 63.2 Å². The van der Waals surface area contributed by atoms with Crippen molar-refractivity contribution in [1.82, 2.24) is 25.8 Å². The van der Waals surface area contributed by atoms with Crippen molar-refractivity contribution in [3.8, 4) is 5.75 Å². The molecule has 0 bridgehead atoms. The monoisotopic (exact) mass is 639 g/mol. The van der Waals surface area contributed by atoms with E-state index in [4.69, 9.17) is 4.74 Å². The fourth-order valence-corrected chi connectivity index (χ4v) is 5.76. The van der Waals surface area contributed by atoms with Crippen LogP contribution in [-0.2, 0) is 14.4 Å². The molecule has 2 amide bonds. The van der Waals surface area contributed by atoms with Crippen molar-refractivity contribution >= 4 is 45.6 Å². The minimum absolute atomic E-state index is 0.114. The van der Waals surface area contributed by atoms with E-state index in [1.54, 1.807) is 19.1 Å². The predicted molar refractivity (Wildman–Crippen MR) is 173 cm³/mol. The van der Waals surface area contributed by atoms with Crippen molar-refractivity contribution in [2.45, 2.75) is 83.1 Å². The minimum atomic E-state index is -1.10. The van der Waals surface area contributed by atoms with Crippen LogP contribution in [0.2, 0.25) is 0 Å². The number of hydrogen-bond donors (Lipinski definition) is 7. The van der Waals surface area contributed by atoms with Crippen LogP contribution in [0.4, 0.5) is 0 Å². The number of amides is 2. The molecular weight excluding hydrogens is 594 g/mol. The molecule has 1 aliphatic rings. The standard InChI is InChI=1S/C33H45N5O8/c1-19(2)35-17-22(39)18-46-28-11-6-9-25-29(28)23-16-21(12-13-24(23)37-25)30(40)34-14-5-4-8-26(32(42)43)36-20(3)31(41)38-15-7-10-27(38)33(44)45/h6,9,11-13,16,19-20,22,26-27,35-37,39H,4-5,7-8,10,14-15,17-18H2,1-3H3,(H,34,40)(H,42,43)(H,44,45)/t20-,22-,26+,27-/m0/s1. The summed E-state index contributed by atoms with van der Waals surface area (Å²) < 4.78 is 5.98. The molecule has 0 saturated carbocycles. The van der Waals surface area contributed by atoms with Crippen LogP contribution >= 0.6 is 0 Å². The molecular formula is C33H45N5O8. The highest BCUT2D eigenvalue weighted by Crippen LogP contribution is 2.34. The Labute approximate surface area is 267 Å². The Kier molecular flexibility index (Phi) is 12.0. The lowest BCUT2D eigenvalue weighted by Gasteiger charge is -2.27. The van der Waals surface area contributed by atoms with Gasteiger partial charge in [-0.25, -0.2) is 4.79 Å². The number of aliphatic hydroxyl groups is 1. The Balaban J connectivity index is 1.30. The molecule has 2 heterocycles. The summed E-state index contributed by atoms with van der Waals surface area (Å²) in [7, 11) is 0. The van der Waals surface area contributed by atoms with Gasteiger partial charge in [-0.1, -0.05) is 19.9 Å². The van der Waals surface area contributed by atoms with Crippen LogP contribution in [0.25, 0.3) is 21.8 Å². The maximum atomic E-state index is 13.0. The average molecular weight is 640 g/mol. The number of hydrogen-bond acceptors (Lipinski definition) is 8. The number of aromatic amines is 1. The van der Waals surface area contributed by atoms with Crippen molar-refractivity contribution in [3.63, 3.8) is 0 Å². The van der Waals surface area contributed by atoms with E-state index in [9.17, 15) is 34.5 Å². The van der Waals surface area contributed by atoms with Gasteiger partial charge in [0.05, 0.1) is 11.6 Å². The summed E-state index contributed by atoms with van der Waals surface area (Å²) in [5.41, 5.74) is 2.15. The summed E-state index contributed by atoms with van der Waals surface area (Å²) in [6.07, 6.45) is 1.53. The van der Waals surface area contributed by atoms with E-state index in [0.717, 1.165) is 21.8 Å². The van der Waals surface area contributed by atoms with Gasteiger partial charge in [0.25, 0.3) is 5.91 Å². The van der Waals surface area contributed by atoms with Crippen molar-refractivity contribution in [2.24, 2.45) is 0 Å². The van der Waals surface area contributed by atoms with Gasteiger partial charge in [-0.3, -0.25) is 19.7 Å². The molecule has 250 valence electrons. The lowest BCUT2D eigenvalue weighted by molar-refractivity contribution is -0.149. The van der Waals surface area contributed by atoms with E-state index in [1.807, 2.05) is 38.1 Å². The van der Waals surface area contributed by atoms with E-state index in [0.29, 0.717) is 56.6 Å². The Morgan fingerprint density at radius 2 is 1.85 bits per heavy atom. The number of aromatic nitrogens is 1. The molecule has 4 atom stereocenters. The molecule has 1 aliphatic heterocycles. The van der Waals surface area contributed by atoms with E-state index < -0.39 is 42.1 Å². The molecule has 4 rings (SSSR count). The van der Waals surface area contributed by atoms with Crippen LogP contribution in [0.3, 0.4) is 0 Å². The van der Waals surface area contributed by atoms with Crippen molar-refractivity contribution in [1.29, 1.82) is 0 Å². The maximum absolute atomic E-state index is 13.0. The summed E-state index contributed by atoms with van der Waals surface area (Å²) in [4.78, 5) is 53.8. The summed E-state index contributed by atoms with van der Waals surface area (Å²) in [6.45, 7) is 6.74. The first-order valence-electron chi connectivity index (χ1n) is 15.8. The van der Waals surface area contributed by atoms with Crippen LogP contribution in [-0.4, -0.2) is 105 Å². The van der Waals surface area contributed by atoms with Crippen molar-refractivity contribution < 1.29 is 39.2 Å². The van der Waals surface area contributed by atoms with Gasteiger partial charge in [-0.05, 0) is 69.4 Å². The van der Waals surface area contributed by atoms with E-state index in [-0.39, 0.29) is 25.0 Å². The Morgan fingerprint density at radius 3 is 2.57 bits per heavy atom. The third-order valence-corrected chi connectivity index (χ3v) is 8.19. The number of carboxylic acid groups (broad SMARTS) is 2. The Morgan fingerprint density at radius 1 is 1.07 bits per heavy atom. The predicted octanol–water partition coefficient (Wildman–Crippen LogP) is 2.47. The Hall–Kier alpha value is -4.20. The number of fused-ring (bicyclic) bond motifs is 3. The summed E-state index contributed by atoms with van der Waals surface area (Å²) in [6, 6.07) is 8.51. The molecule has 0 unspecified atom stereocenters. The first-order chi connectivity index (χ1) is 22.0. The van der Waals surface area contributed by atoms with Gasteiger partial charge in [0.2, 0.25) is 5.91 Å². The SMILES string of the molecule is CC(C)NC[C@H](O)COc1cccc2[nH]c3ccc(C(=O)NCCCC[C@@H](N[C@@H](C)C(=O)N4CCC[C@H]4C(=O)O)C(=O)O)cc3c12. The zero-order valence-electron chi connectivity index (χ0n) is 26.5. The molecule has 1 fully saturated rings. The number of aliphatic hydroxyl groups excluding tert-OH is 1. The van der Waals surface area contributed by atoms with Gasteiger partial charge in [-0.15, -0.1) is 0 Å². The molecule has 46 heavy (non-hydrogen) atoms. The van der Waals surface area contributed by atoms with Crippen molar-refractivity contribution in [2.75, 3.05) is 26.2 Å². The number of aliphatic carboxylic acids is 2. The molecule has 13 nitrogen and oxygen atoms in total. The molecule has 0 radical (unpaired) electrons. The molecule has 1 saturated heterocycles. The minimum Gasteiger partial charge on any atom is -0.490 e. The van der Waals surface area contributed by atoms with Crippen molar-refractivity contribution in [3.05, 3.63) is 42.0 Å². The zero-order chi connectivity index (χ0) is 33.4. The first-order valence-corrected chi connectivity index (χ1v) is 15.8. The highest BCUT2D eigenvalue weighted by atomic mass is 16.5. The number of nitrogens with one attached hydrogen (secondary N) is 4. The largest absolute Gasteiger partial charge is 0.490 e. The number of likely N-dealkylation sites (tertiary alicyclic amines) is 1. The molecule has 3 aromatic rings. The second kappa shape index (κ2) is 15.9. The molecule has 13 heteroatoms. The van der Waals surface area contributed by atoms with E-state index >= 15 is 0 Å². The quantitative estimate of drug-likeness (QED) is 0.108. The number of carboxylic acids is 2. The van der Waals surface area contributed by atoms with E-state index in [2.05, 4.69) is 20.9 Å². The summed E-state index contributed by atoms with van der Waals surface area (Å²) >= 11 is 0. The molecule has 1 aromatic heterocycles. The smallest absolute Gasteiger partial charge is 0.326 e. The van der Waals surface area contributed by atoms with Gasteiger partial charge in [-0.2, -0.15) is 0 Å².